The molecule has 0 spiro atoms. The van der Waals surface area contributed by atoms with Gasteiger partial charge in [-0.2, -0.15) is 0 Å². The average Bonchev–Trinajstić information content (AvgIpc) is 2.99. The van der Waals surface area contributed by atoms with Crippen LogP contribution in [0.4, 0.5) is 0 Å². The molecule has 0 saturated heterocycles. The Balaban J connectivity index is 1.67. The second-order valence-corrected chi connectivity index (χ2v) is 14.0. The summed E-state index contributed by atoms with van der Waals surface area (Å²) >= 11 is 0. The van der Waals surface area contributed by atoms with Gasteiger partial charge in [0.1, 0.15) is 0 Å². The molecule has 4 bridgehead atoms. The van der Waals surface area contributed by atoms with Gasteiger partial charge in [-0.05, 0) is 89.5 Å². The lowest BCUT2D eigenvalue weighted by Crippen LogP contribution is -2.41. The topological polar surface area (TPSA) is 0 Å². The Morgan fingerprint density at radius 3 is 1.35 bits per heavy atom. The molecule has 6 atom stereocenters. The van der Waals surface area contributed by atoms with Crippen LogP contribution in [0, 0.1) is 33.5 Å². The van der Waals surface area contributed by atoms with E-state index in [4.69, 9.17) is 0 Å². The summed E-state index contributed by atoms with van der Waals surface area (Å²) in [6.45, 7) is 18.4. The lowest BCUT2D eigenvalue weighted by atomic mass is 9.70. The van der Waals surface area contributed by atoms with Crippen molar-refractivity contribution < 1.29 is 0 Å². The van der Waals surface area contributed by atoms with E-state index in [0.717, 1.165) is 23.2 Å². The highest BCUT2D eigenvalue weighted by Crippen LogP contribution is 2.79. The molecule has 23 heavy (non-hydrogen) atoms. The normalized spacial score (nSPS) is 53.9. The Morgan fingerprint density at radius 1 is 0.739 bits per heavy atom. The fourth-order valence-corrected chi connectivity index (χ4v) is 12.7. The molecule has 132 valence electrons. The second kappa shape index (κ2) is 4.78. The third-order valence-corrected chi connectivity index (χ3v) is 14.6. The van der Waals surface area contributed by atoms with Gasteiger partial charge < -0.3 is 0 Å². The molecule has 1 heteroatoms. The van der Waals surface area contributed by atoms with Gasteiger partial charge in [0.25, 0.3) is 0 Å². The van der Waals surface area contributed by atoms with E-state index < -0.39 is 0 Å². The third-order valence-electron chi connectivity index (χ3n) is 10.7. The maximum atomic E-state index is 2.69. The highest BCUT2D eigenvalue weighted by atomic mass is 31.1. The summed E-state index contributed by atoms with van der Waals surface area (Å²) in [5.41, 5.74) is 4.60. The van der Waals surface area contributed by atoms with Gasteiger partial charge in [-0.1, -0.05) is 56.4 Å². The second-order valence-electron chi connectivity index (χ2n) is 11.1. The van der Waals surface area contributed by atoms with E-state index in [9.17, 15) is 0 Å². The van der Waals surface area contributed by atoms with Crippen molar-refractivity contribution in [2.24, 2.45) is 33.5 Å². The molecule has 0 radical (unpaired) electrons. The molecule has 4 fully saturated rings. The first-order chi connectivity index (χ1) is 10.6. The first-order valence-corrected chi connectivity index (χ1v) is 12.0. The molecule has 0 aliphatic heterocycles. The highest BCUT2D eigenvalue weighted by molar-refractivity contribution is 7.59. The van der Waals surface area contributed by atoms with E-state index in [0.29, 0.717) is 21.7 Å². The zero-order valence-electron chi connectivity index (χ0n) is 16.7. The van der Waals surface area contributed by atoms with Crippen molar-refractivity contribution in [3.05, 3.63) is 0 Å². The Morgan fingerprint density at radius 2 is 1.13 bits per heavy atom. The molecular weight excluding hydrogens is 295 g/mol. The first-order valence-electron chi connectivity index (χ1n) is 10.4. The number of rotatable bonds is 3. The molecule has 0 aromatic rings. The van der Waals surface area contributed by atoms with Gasteiger partial charge in [-0.25, -0.2) is 0 Å². The van der Waals surface area contributed by atoms with Crippen LogP contribution in [-0.4, -0.2) is 17.5 Å². The van der Waals surface area contributed by atoms with E-state index in [2.05, 4.69) is 48.5 Å². The smallest absolute Gasteiger partial charge is 0.0145 e. The molecule has 6 unspecified atom stereocenters. The minimum absolute atomic E-state index is 0.196. The van der Waals surface area contributed by atoms with Crippen LogP contribution in [0.5, 0.6) is 0 Å². The molecular formula is C22H39P. The van der Waals surface area contributed by atoms with Gasteiger partial charge in [-0.15, -0.1) is 0 Å². The van der Waals surface area contributed by atoms with Crippen LogP contribution < -0.4 is 0 Å². The summed E-state index contributed by atoms with van der Waals surface area (Å²) in [4.78, 5) is 0. The van der Waals surface area contributed by atoms with Gasteiger partial charge in [0.15, 0.2) is 0 Å². The van der Waals surface area contributed by atoms with Gasteiger partial charge in [0, 0.05) is 0 Å². The van der Waals surface area contributed by atoms with Gasteiger partial charge in [0.05, 0.1) is 0 Å². The molecule has 4 aliphatic rings. The van der Waals surface area contributed by atoms with Crippen LogP contribution >= 0.6 is 7.92 Å². The van der Waals surface area contributed by atoms with Crippen molar-refractivity contribution >= 4 is 7.92 Å². The molecule has 0 nitrogen and oxygen atoms in total. The average molecular weight is 335 g/mol. The maximum Gasteiger partial charge on any atom is -0.0145 e. The highest BCUT2D eigenvalue weighted by Gasteiger charge is 2.67. The van der Waals surface area contributed by atoms with Gasteiger partial charge in [0.2, 0.25) is 0 Å². The largest absolute Gasteiger partial charge is 0.0995 e. The van der Waals surface area contributed by atoms with E-state index in [1.165, 1.54) is 31.8 Å². The monoisotopic (exact) mass is 334 g/mol. The lowest BCUT2D eigenvalue weighted by molar-refractivity contribution is 0.147. The van der Waals surface area contributed by atoms with Crippen LogP contribution in [0.15, 0.2) is 0 Å². The van der Waals surface area contributed by atoms with Gasteiger partial charge >= 0.3 is 0 Å². The van der Waals surface area contributed by atoms with Crippen molar-refractivity contribution in [2.75, 3.05) is 6.16 Å². The zero-order chi connectivity index (χ0) is 16.8. The Labute approximate surface area is 146 Å². The van der Waals surface area contributed by atoms with Crippen molar-refractivity contribution in [1.82, 2.24) is 0 Å². The first kappa shape index (κ1) is 16.9. The third kappa shape index (κ3) is 1.78. The number of hydrogen-bond donors (Lipinski definition) is 0. The fraction of sp³-hybridized carbons (Fsp3) is 1.00. The fourth-order valence-electron chi connectivity index (χ4n) is 7.98. The molecule has 4 saturated carbocycles. The lowest BCUT2D eigenvalue weighted by Gasteiger charge is -2.50. The standard InChI is InChI=1S/C22H39P/c1-8-23(17-13-15-9-11-21(17,6)19(15,2)3)18-14-16-10-12-22(18,7)20(16,4)5/h15-18H,8-14H2,1-7H3. The minimum Gasteiger partial charge on any atom is -0.0995 e. The molecule has 0 aromatic heterocycles. The summed E-state index contributed by atoms with van der Waals surface area (Å²) in [5.74, 6) is 2.04. The molecule has 0 aromatic carbocycles. The van der Waals surface area contributed by atoms with E-state index in [1.54, 1.807) is 12.8 Å². The van der Waals surface area contributed by atoms with Crippen LogP contribution in [0.3, 0.4) is 0 Å². The minimum atomic E-state index is 0.196. The van der Waals surface area contributed by atoms with Crippen LogP contribution in [0.2, 0.25) is 0 Å². The molecule has 0 heterocycles. The van der Waals surface area contributed by atoms with Crippen molar-refractivity contribution in [3.63, 3.8) is 0 Å². The number of fused-ring (bicyclic) bond motifs is 4. The van der Waals surface area contributed by atoms with E-state index >= 15 is 0 Å². The Kier molecular flexibility index (Phi) is 3.51. The van der Waals surface area contributed by atoms with Crippen molar-refractivity contribution in [3.8, 4) is 0 Å². The summed E-state index contributed by atoms with van der Waals surface area (Å²) in [5, 5.41) is 0. The predicted molar refractivity (Wildman–Crippen MR) is 103 cm³/mol. The summed E-state index contributed by atoms with van der Waals surface area (Å²) in [6, 6.07) is 0. The quantitative estimate of drug-likeness (QED) is 0.491. The number of hydrogen-bond acceptors (Lipinski definition) is 0. The Hall–Kier alpha value is 0.430. The van der Waals surface area contributed by atoms with E-state index in [-0.39, 0.29) is 7.92 Å². The van der Waals surface area contributed by atoms with Gasteiger partial charge in [-0.3, -0.25) is 0 Å². The van der Waals surface area contributed by atoms with Crippen LogP contribution in [0.1, 0.15) is 87.0 Å². The summed E-state index contributed by atoms with van der Waals surface area (Å²) in [7, 11) is 0.196. The molecule has 0 amide bonds. The Bertz CT molecular complexity index is 462. The van der Waals surface area contributed by atoms with Crippen LogP contribution in [-0.2, 0) is 0 Å². The van der Waals surface area contributed by atoms with Crippen LogP contribution in [0.25, 0.3) is 0 Å². The maximum absolute atomic E-state index is 2.69. The predicted octanol–water partition coefficient (Wildman–Crippen LogP) is 6.92. The molecule has 0 N–H and O–H groups in total. The zero-order valence-corrected chi connectivity index (χ0v) is 17.6. The summed E-state index contributed by atoms with van der Waals surface area (Å²) < 4.78 is 0. The summed E-state index contributed by atoms with van der Waals surface area (Å²) in [6.07, 6.45) is 10.7. The van der Waals surface area contributed by atoms with E-state index in [1.807, 2.05) is 0 Å². The molecule has 4 aliphatic carbocycles. The molecule has 4 rings (SSSR count). The van der Waals surface area contributed by atoms with Crippen molar-refractivity contribution in [2.45, 2.75) is 98.3 Å². The SMILES string of the molecule is CCP(C1CC2CCC1(C)C2(C)C)C1CC2CCC1(C)C2(C)C. The van der Waals surface area contributed by atoms with Crippen molar-refractivity contribution in [1.29, 1.82) is 0 Å².